The second kappa shape index (κ2) is 9.80. The summed E-state index contributed by atoms with van der Waals surface area (Å²) >= 11 is 0. The number of nitrogens with one attached hydrogen (secondary N) is 1. The van der Waals surface area contributed by atoms with Gasteiger partial charge < -0.3 is 10.2 Å². The van der Waals surface area contributed by atoms with E-state index in [0.29, 0.717) is 32.5 Å². The Hall–Kier alpha value is -3.42. The molecule has 2 aromatic heterocycles. The summed E-state index contributed by atoms with van der Waals surface area (Å²) in [4.78, 5) is 32.3. The summed E-state index contributed by atoms with van der Waals surface area (Å²) in [5.74, 6) is 1.50. The van der Waals surface area contributed by atoms with Crippen molar-refractivity contribution in [1.82, 2.24) is 25.3 Å². The van der Waals surface area contributed by atoms with Crippen LogP contribution in [0.25, 0.3) is 0 Å². The molecule has 4 rings (SSSR count). The lowest BCUT2D eigenvalue weighted by atomic mass is 9.97. The summed E-state index contributed by atoms with van der Waals surface area (Å²) in [6.07, 6.45) is 6.22. The Kier molecular flexibility index (Phi) is 6.68. The summed E-state index contributed by atoms with van der Waals surface area (Å²) in [6.45, 7) is 5.92. The minimum atomic E-state index is -0.245. The average molecular weight is 435 g/mol. The van der Waals surface area contributed by atoms with E-state index in [4.69, 9.17) is 9.97 Å². The van der Waals surface area contributed by atoms with Crippen LogP contribution in [-0.2, 0) is 17.6 Å². The molecule has 1 fully saturated rings. The predicted molar refractivity (Wildman–Crippen MR) is 120 cm³/mol. The van der Waals surface area contributed by atoms with Gasteiger partial charge in [-0.15, -0.1) is 0 Å². The number of aromatic nitrogens is 4. The number of amides is 1. The number of hydrogen-bond donors (Lipinski definition) is 1. The highest BCUT2D eigenvalue weighted by molar-refractivity contribution is 5.81. The zero-order valence-electron chi connectivity index (χ0n) is 18.3. The van der Waals surface area contributed by atoms with E-state index in [1.807, 2.05) is 13.0 Å². The number of benzene rings is 1. The van der Waals surface area contributed by atoms with Gasteiger partial charge in [0.1, 0.15) is 17.5 Å². The maximum Gasteiger partial charge on any atom is 0.226 e. The summed E-state index contributed by atoms with van der Waals surface area (Å²) in [5.41, 5.74) is 2.73. The van der Waals surface area contributed by atoms with Crippen LogP contribution in [0.15, 0.2) is 48.9 Å². The van der Waals surface area contributed by atoms with Crippen molar-refractivity contribution < 1.29 is 9.18 Å². The third kappa shape index (κ3) is 5.25. The topological polar surface area (TPSA) is 83.9 Å². The molecule has 32 heavy (non-hydrogen) atoms. The van der Waals surface area contributed by atoms with Crippen molar-refractivity contribution in [3.63, 3.8) is 0 Å². The van der Waals surface area contributed by atoms with Crippen molar-refractivity contribution in [1.29, 1.82) is 0 Å². The lowest BCUT2D eigenvalue weighted by molar-refractivity contribution is -0.125. The van der Waals surface area contributed by atoms with Crippen LogP contribution >= 0.6 is 0 Å². The fraction of sp³-hybridized carbons (Fsp3) is 0.375. The summed E-state index contributed by atoms with van der Waals surface area (Å²) in [7, 11) is 0. The molecule has 1 aliphatic rings. The Morgan fingerprint density at radius 2 is 1.97 bits per heavy atom. The first-order valence-electron chi connectivity index (χ1n) is 10.9. The molecule has 1 atom stereocenters. The molecular weight excluding hydrogens is 407 g/mol. The zero-order chi connectivity index (χ0) is 22.5. The van der Waals surface area contributed by atoms with Crippen LogP contribution in [0.3, 0.4) is 0 Å². The van der Waals surface area contributed by atoms with Gasteiger partial charge in [-0.05, 0) is 30.5 Å². The van der Waals surface area contributed by atoms with Gasteiger partial charge in [0.25, 0.3) is 0 Å². The highest BCUT2D eigenvalue weighted by atomic mass is 19.1. The van der Waals surface area contributed by atoms with E-state index in [-0.39, 0.29) is 23.6 Å². The molecule has 1 N–H and O–H groups in total. The minimum Gasteiger partial charge on any atom is -0.356 e. The van der Waals surface area contributed by atoms with E-state index in [1.165, 1.54) is 12.1 Å². The van der Waals surface area contributed by atoms with Crippen LogP contribution in [0.1, 0.15) is 42.5 Å². The summed E-state index contributed by atoms with van der Waals surface area (Å²) < 4.78 is 13.3. The van der Waals surface area contributed by atoms with E-state index < -0.39 is 0 Å². The fourth-order valence-electron chi connectivity index (χ4n) is 3.82. The third-order valence-corrected chi connectivity index (χ3v) is 5.65. The fourth-order valence-corrected chi connectivity index (χ4v) is 3.82. The van der Waals surface area contributed by atoms with Gasteiger partial charge in [-0.1, -0.05) is 19.1 Å². The van der Waals surface area contributed by atoms with Crippen molar-refractivity contribution in [3.8, 4) is 0 Å². The highest BCUT2D eigenvalue weighted by Gasteiger charge is 2.33. The van der Waals surface area contributed by atoms with E-state index in [0.717, 1.165) is 28.6 Å². The number of hydrogen-bond acceptors (Lipinski definition) is 6. The third-order valence-electron chi connectivity index (χ3n) is 5.65. The molecule has 0 saturated carbocycles. The average Bonchev–Trinajstić information content (AvgIpc) is 2.74. The second-order valence-electron chi connectivity index (χ2n) is 8.16. The lowest BCUT2D eigenvalue weighted by Crippen LogP contribution is -2.54. The molecular formula is C24H27FN6O. The van der Waals surface area contributed by atoms with Gasteiger partial charge in [0, 0.05) is 57.1 Å². The van der Waals surface area contributed by atoms with E-state index >= 15 is 0 Å². The monoisotopic (exact) mass is 434 g/mol. The number of rotatable bonds is 8. The first kappa shape index (κ1) is 21.8. The van der Waals surface area contributed by atoms with Crippen molar-refractivity contribution in [2.24, 2.45) is 5.92 Å². The van der Waals surface area contributed by atoms with E-state index in [1.54, 1.807) is 30.7 Å². The number of halogens is 1. The number of nitrogens with zero attached hydrogens (tertiary/aromatic N) is 5. The molecule has 3 heterocycles. The largest absolute Gasteiger partial charge is 0.356 e. The van der Waals surface area contributed by atoms with E-state index in [9.17, 15) is 9.18 Å². The number of anilines is 1. The zero-order valence-corrected chi connectivity index (χ0v) is 18.3. The number of carbonyl (C=O) groups excluding carboxylic acids is 1. The van der Waals surface area contributed by atoms with E-state index in [2.05, 4.69) is 27.1 Å². The molecule has 7 nitrogen and oxygen atoms in total. The Morgan fingerprint density at radius 3 is 2.66 bits per heavy atom. The molecule has 166 valence electrons. The maximum atomic E-state index is 13.3. The van der Waals surface area contributed by atoms with Crippen molar-refractivity contribution in [2.45, 2.75) is 32.6 Å². The van der Waals surface area contributed by atoms with Crippen LogP contribution < -0.4 is 10.2 Å². The standard InChI is InChI=1S/C24H27FN6O/c1-3-27-24(32)18-14-31(15-18)23-12-20(11-21-13-26-8-9-28-21)29-22(30-23)10-16(2)17-4-6-19(25)7-5-17/h4-9,12-13,16,18H,3,10-11,14-15H2,1-2H3,(H,27,32)/t16-/m1/s1. The molecule has 8 heteroatoms. The Morgan fingerprint density at radius 1 is 1.19 bits per heavy atom. The predicted octanol–water partition coefficient (Wildman–Crippen LogP) is 2.92. The molecule has 0 spiro atoms. The first-order chi connectivity index (χ1) is 15.5. The van der Waals surface area contributed by atoms with Gasteiger partial charge in [-0.25, -0.2) is 14.4 Å². The molecule has 0 aliphatic carbocycles. The van der Waals surface area contributed by atoms with Gasteiger partial charge in [0.15, 0.2) is 0 Å². The summed E-state index contributed by atoms with van der Waals surface area (Å²) in [6, 6.07) is 8.52. The van der Waals surface area contributed by atoms with Crippen LogP contribution in [0.4, 0.5) is 10.2 Å². The molecule has 0 bridgehead atoms. The molecule has 1 aromatic carbocycles. The van der Waals surface area contributed by atoms with Gasteiger partial charge in [0.2, 0.25) is 5.91 Å². The van der Waals surface area contributed by atoms with Crippen molar-refractivity contribution in [3.05, 3.63) is 77.5 Å². The summed E-state index contributed by atoms with van der Waals surface area (Å²) in [5, 5.41) is 2.88. The molecule has 1 aliphatic heterocycles. The minimum absolute atomic E-state index is 0.0186. The molecule has 3 aromatic rings. The van der Waals surface area contributed by atoms with Crippen LogP contribution in [-0.4, -0.2) is 45.5 Å². The maximum absolute atomic E-state index is 13.3. The molecule has 0 unspecified atom stereocenters. The molecule has 1 amide bonds. The Bertz CT molecular complexity index is 1050. The van der Waals surface area contributed by atoms with Crippen molar-refractivity contribution >= 4 is 11.7 Å². The molecule has 0 radical (unpaired) electrons. The quantitative estimate of drug-likeness (QED) is 0.587. The first-order valence-corrected chi connectivity index (χ1v) is 10.9. The van der Waals surface area contributed by atoms with Crippen LogP contribution in [0, 0.1) is 11.7 Å². The number of carbonyl (C=O) groups is 1. The Balaban J connectivity index is 1.55. The van der Waals surface area contributed by atoms with Crippen LogP contribution in [0.5, 0.6) is 0 Å². The SMILES string of the molecule is CCNC(=O)C1CN(c2cc(Cc3cnccn3)nc(C[C@@H](C)c3ccc(F)cc3)n2)C1. The smallest absolute Gasteiger partial charge is 0.226 e. The Labute approximate surface area is 187 Å². The molecule has 1 saturated heterocycles. The highest BCUT2D eigenvalue weighted by Crippen LogP contribution is 2.26. The second-order valence-corrected chi connectivity index (χ2v) is 8.16. The van der Waals surface area contributed by atoms with Crippen LogP contribution in [0.2, 0.25) is 0 Å². The normalized spacial score (nSPS) is 14.7. The van der Waals surface area contributed by atoms with Crippen molar-refractivity contribution in [2.75, 3.05) is 24.5 Å². The van der Waals surface area contributed by atoms with Gasteiger partial charge in [-0.2, -0.15) is 0 Å². The van der Waals surface area contributed by atoms with Gasteiger partial charge in [-0.3, -0.25) is 14.8 Å². The van der Waals surface area contributed by atoms with Gasteiger partial charge >= 0.3 is 0 Å². The van der Waals surface area contributed by atoms with Gasteiger partial charge in [0.05, 0.1) is 17.3 Å². The lowest BCUT2D eigenvalue weighted by Gasteiger charge is -2.39.